The van der Waals surface area contributed by atoms with Crippen molar-refractivity contribution in [2.45, 2.75) is 6.54 Å². The maximum atomic E-state index is 11.6. The lowest BCUT2D eigenvalue weighted by atomic mass is 10.4. The highest BCUT2D eigenvalue weighted by molar-refractivity contribution is 5.91. The first-order valence-corrected chi connectivity index (χ1v) is 5.09. The van der Waals surface area contributed by atoms with Gasteiger partial charge in [-0.05, 0) is 12.1 Å². The summed E-state index contributed by atoms with van der Waals surface area (Å²) in [4.78, 5) is 11.6. The normalized spacial score (nSPS) is 10.2. The number of carbonyl (C=O) groups excluding carboxylic acids is 1. The number of ether oxygens (including phenoxy) is 1. The van der Waals surface area contributed by atoms with Gasteiger partial charge in [-0.15, -0.1) is 0 Å². The molecule has 17 heavy (non-hydrogen) atoms. The molecule has 0 unspecified atom stereocenters. The first-order chi connectivity index (χ1) is 8.20. The molecule has 90 valence electrons. The number of amides is 1. The van der Waals surface area contributed by atoms with Crippen LogP contribution in [-0.4, -0.2) is 22.8 Å². The second-order valence-electron chi connectivity index (χ2n) is 3.46. The van der Waals surface area contributed by atoms with E-state index in [0.717, 1.165) is 5.69 Å². The number of nitrogens with zero attached hydrogens (tertiary/aromatic N) is 2. The Morgan fingerprint density at radius 2 is 2.47 bits per heavy atom. The molecule has 2 aromatic rings. The number of nitrogens with one attached hydrogen (secondary N) is 1. The van der Waals surface area contributed by atoms with Crippen molar-refractivity contribution in [1.29, 1.82) is 0 Å². The minimum absolute atomic E-state index is 0.264. The maximum absolute atomic E-state index is 11.6. The van der Waals surface area contributed by atoms with Crippen LogP contribution in [-0.2, 0) is 13.6 Å². The molecule has 0 atom stereocenters. The van der Waals surface area contributed by atoms with Crippen LogP contribution in [0, 0.1) is 0 Å². The third-order valence-corrected chi connectivity index (χ3v) is 2.27. The Morgan fingerprint density at radius 3 is 3.06 bits per heavy atom. The molecule has 0 radical (unpaired) electrons. The van der Waals surface area contributed by atoms with E-state index < -0.39 is 0 Å². The summed E-state index contributed by atoms with van der Waals surface area (Å²) in [6, 6.07) is 5.04. The van der Waals surface area contributed by atoms with Gasteiger partial charge in [0.25, 0.3) is 5.91 Å². The summed E-state index contributed by atoms with van der Waals surface area (Å²) >= 11 is 0. The second kappa shape index (κ2) is 4.73. The van der Waals surface area contributed by atoms with Crippen LogP contribution < -0.4 is 10.1 Å². The van der Waals surface area contributed by atoms with E-state index in [4.69, 9.17) is 9.15 Å². The number of aromatic nitrogens is 2. The van der Waals surface area contributed by atoms with Gasteiger partial charge in [0.1, 0.15) is 0 Å². The molecule has 2 rings (SSSR count). The fraction of sp³-hybridized carbons (Fsp3) is 0.273. The van der Waals surface area contributed by atoms with Crippen LogP contribution in [0.3, 0.4) is 0 Å². The first-order valence-electron chi connectivity index (χ1n) is 5.09. The summed E-state index contributed by atoms with van der Waals surface area (Å²) in [5.41, 5.74) is 0.726. The first kappa shape index (κ1) is 11.3. The molecule has 1 N–H and O–H groups in total. The van der Waals surface area contributed by atoms with Crippen LogP contribution in [0.15, 0.2) is 28.9 Å². The lowest BCUT2D eigenvalue weighted by molar-refractivity contribution is 0.0922. The highest BCUT2D eigenvalue weighted by Crippen LogP contribution is 2.10. The van der Waals surface area contributed by atoms with Crippen LogP contribution in [0.25, 0.3) is 0 Å². The van der Waals surface area contributed by atoms with E-state index in [1.807, 2.05) is 0 Å². The molecule has 0 saturated carbocycles. The molecule has 0 fully saturated rings. The molecule has 0 aliphatic carbocycles. The van der Waals surface area contributed by atoms with Crippen molar-refractivity contribution in [1.82, 2.24) is 15.1 Å². The van der Waals surface area contributed by atoms with Crippen molar-refractivity contribution in [3.8, 4) is 5.88 Å². The van der Waals surface area contributed by atoms with Crippen molar-refractivity contribution < 1.29 is 13.9 Å². The Hall–Kier alpha value is -2.24. The van der Waals surface area contributed by atoms with Gasteiger partial charge in [0.05, 0.1) is 25.6 Å². The number of aryl methyl sites for hydroxylation is 1. The van der Waals surface area contributed by atoms with E-state index in [2.05, 4.69) is 10.4 Å². The predicted molar refractivity (Wildman–Crippen MR) is 59.6 cm³/mol. The SMILES string of the molecule is COc1cc(CNC(=O)c2ccco2)nn1C. The zero-order valence-electron chi connectivity index (χ0n) is 9.64. The van der Waals surface area contributed by atoms with Gasteiger partial charge in [0, 0.05) is 13.1 Å². The van der Waals surface area contributed by atoms with Crippen LogP contribution >= 0.6 is 0 Å². The summed E-state index contributed by atoms with van der Waals surface area (Å²) in [5.74, 6) is 0.666. The molecule has 6 heteroatoms. The molecule has 0 aromatic carbocycles. The Kier molecular flexibility index (Phi) is 3.13. The Labute approximate surface area is 98.2 Å². The van der Waals surface area contributed by atoms with Gasteiger partial charge in [-0.25, -0.2) is 4.68 Å². The monoisotopic (exact) mass is 235 g/mol. The van der Waals surface area contributed by atoms with Crippen LogP contribution in [0.2, 0.25) is 0 Å². The predicted octanol–water partition coefficient (Wildman–Crippen LogP) is 0.952. The number of furan rings is 1. The summed E-state index contributed by atoms with van der Waals surface area (Å²) in [6.07, 6.45) is 1.46. The molecule has 0 aliphatic heterocycles. The quantitative estimate of drug-likeness (QED) is 0.856. The number of rotatable bonds is 4. The number of carbonyl (C=O) groups is 1. The Balaban J connectivity index is 1.96. The van der Waals surface area contributed by atoms with Crippen LogP contribution in [0.4, 0.5) is 0 Å². The number of hydrogen-bond donors (Lipinski definition) is 1. The molecular weight excluding hydrogens is 222 g/mol. The average Bonchev–Trinajstić information content (AvgIpc) is 2.95. The van der Waals surface area contributed by atoms with E-state index in [1.165, 1.54) is 6.26 Å². The fourth-order valence-electron chi connectivity index (χ4n) is 1.45. The number of methoxy groups -OCH3 is 1. The highest BCUT2D eigenvalue weighted by atomic mass is 16.5. The summed E-state index contributed by atoms with van der Waals surface area (Å²) in [7, 11) is 3.35. The number of hydrogen-bond acceptors (Lipinski definition) is 4. The van der Waals surface area contributed by atoms with Gasteiger partial charge in [-0.1, -0.05) is 0 Å². The van der Waals surface area contributed by atoms with E-state index in [9.17, 15) is 4.79 Å². The van der Waals surface area contributed by atoms with Crippen molar-refractivity contribution in [2.75, 3.05) is 7.11 Å². The van der Waals surface area contributed by atoms with Crippen molar-refractivity contribution >= 4 is 5.91 Å². The van der Waals surface area contributed by atoms with E-state index in [-0.39, 0.29) is 11.7 Å². The maximum Gasteiger partial charge on any atom is 0.287 e. The van der Waals surface area contributed by atoms with Gasteiger partial charge in [0.15, 0.2) is 5.76 Å². The topological polar surface area (TPSA) is 69.3 Å². The van der Waals surface area contributed by atoms with Gasteiger partial charge < -0.3 is 14.5 Å². The van der Waals surface area contributed by atoms with Crippen molar-refractivity contribution in [3.05, 3.63) is 35.9 Å². The molecular formula is C11H13N3O3. The smallest absolute Gasteiger partial charge is 0.287 e. The molecule has 6 nitrogen and oxygen atoms in total. The van der Waals surface area contributed by atoms with Gasteiger partial charge in [0.2, 0.25) is 5.88 Å². The molecule has 2 aromatic heterocycles. The molecule has 1 amide bonds. The minimum Gasteiger partial charge on any atom is -0.481 e. The van der Waals surface area contributed by atoms with Crippen LogP contribution in [0.5, 0.6) is 5.88 Å². The largest absolute Gasteiger partial charge is 0.481 e. The Bertz CT molecular complexity index is 502. The minimum atomic E-state index is -0.264. The average molecular weight is 235 g/mol. The highest BCUT2D eigenvalue weighted by Gasteiger charge is 2.10. The van der Waals surface area contributed by atoms with Gasteiger partial charge in [-0.2, -0.15) is 5.10 Å². The summed E-state index contributed by atoms with van der Waals surface area (Å²) in [6.45, 7) is 0.330. The van der Waals surface area contributed by atoms with Gasteiger partial charge in [-0.3, -0.25) is 4.79 Å². The summed E-state index contributed by atoms with van der Waals surface area (Å²) in [5, 5.41) is 6.88. The van der Waals surface area contributed by atoms with Crippen molar-refractivity contribution in [3.63, 3.8) is 0 Å². The third kappa shape index (κ3) is 2.47. The molecule has 0 bridgehead atoms. The fourth-order valence-corrected chi connectivity index (χ4v) is 1.45. The molecule has 2 heterocycles. The molecule has 0 aliphatic rings. The zero-order chi connectivity index (χ0) is 12.3. The van der Waals surface area contributed by atoms with E-state index in [0.29, 0.717) is 12.4 Å². The van der Waals surface area contributed by atoms with E-state index >= 15 is 0 Å². The lowest BCUT2D eigenvalue weighted by Crippen LogP contribution is -2.22. The summed E-state index contributed by atoms with van der Waals surface area (Å²) < 4.78 is 11.7. The second-order valence-corrected chi connectivity index (χ2v) is 3.46. The van der Waals surface area contributed by atoms with E-state index in [1.54, 1.807) is 37.0 Å². The third-order valence-electron chi connectivity index (χ3n) is 2.27. The standard InChI is InChI=1S/C11H13N3O3/c1-14-10(16-2)6-8(13-14)7-12-11(15)9-4-3-5-17-9/h3-6H,7H2,1-2H3,(H,12,15). The molecule has 0 saturated heterocycles. The molecule has 0 spiro atoms. The lowest BCUT2D eigenvalue weighted by Gasteiger charge is -1.99. The Morgan fingerprint density at radius 1 is 1.65 bits per heavy atom. The van der Waals surface area contributed by atoms with Crippen LogP contribution in [0.1, 0.15) is 16.2 Å². The zero-order valence-corrected chi connectivity index (χ0v) is 9.64. The van der Waals surface area contributed by atoms with Crippen molar-refractivity contribution in [2.24, 2.45) is 7.05 Å². The van der Waals surface area contributed by atoms with Gasteiger partial charge >= 0.3 is 0 Å².